The zero-order valence-corrected chi connectivity index (χ0v) is 17.6. The number of halogens is 2. The van der Waals surface area contributed by atoms with Gasteiger partial charge >= 0.3 is 0 Å². The summed E-state index contributed by atoms with van der Waals surface area (Å²) in [6.45, 7) is 0. The minimum absolute atomic E-state index is 0.403. The molecule has 0 bridgehead atoms. The van der Waals surface area contributed by atoms with Gasteiger partial charge in [-0.2, -0.15) is 5.10 Å². The van der Waals surface area contributed by atoms with Crippen LogP contribution in [0.15, 0.2) is 87.7 Å². The summed E-state index contributed by atoms with van der Waals surface area (Å²) in [6, 6.07) is 17.9. The average Bonchev–Trinajstić information content (AvgIpc) is 3.14. The van der Waals surface area contributed by atoms with Crippen molar-refractivity contribution in [1.82, 2.24) is 14.8 Å². The second kappa shape index (κ2) is 8.59. The second-order valence-corrected chi connectivity index (χ2v) is 9.09. The minimum atomic E-state index is -1.05. The molecule has 0 fully saturated rings. The summed E-state index contributed by atoms with van der Waals surface area (Å²) < 4.78 is 26.5. The molecule has 29 heavy (non-hydrogen) atoms. The van der Waals surface area contributed by atoms with Crippen LogP contribution >= 0.6 is 23.4 Å². The van der Waals surface area contributed by atoms with Crippen molar-refractivity contribution in [2.45, 2.75) is 14.7 Å². The molecule has 146 valence electrons. The van der Waals surface area contributed by atoms with Crippen molar-refractivity contribution in [2.75, 3.05) is 6.26 Å². The van der Waals surface area contributed by atoms with Gasteiger partial charge in [-0.05, 0) is 71.8 Å². The molecule has 0 N–H and O–H groups in total. The molecule has 2 aromatic heterocycles. The van der Waals surface area contributed by atoms with Crippen LogP contribution in [0.25, 0.3) is 17.1 Å². The number of nitrogens with zero attached hydrogens (tertiary/aromatic N) is 3. The molecule has 0 aliphatic carbocycles. The Morgan fingerprint density at radius 1 is 1.03 bits per heavy atom. The molecule has 0 aliphatic rings. The molecule has 2 aromatic carbocycles. The van der Waals surface area contributed by atoms with Gasteiger partial charge in [-0.25, -0.2) is 14.1 Å². The summed E-state index contributed by atoms with van der Waals surface area (Å²) in [5.41, 5.74) is 1.64. The van der Waals surface area contributed by atoms with Crippen molar-refractivity contribution in [2.24, 2.45) is 0 Å². The van der Waals surface area contributed by atoms with Crippen molar-refractivity contribution < 1.29 is 8.94 Å². The van der Waals surface area contributed by atoms with Crippen molar-refractivity contribution in [1.29, 1.82) is 0 Å². The van der Waals surface area contributed by atoms with E-state index in [1.54, 1.807) is 28.8 Å². The fourth-order valence-electron chi connectivity index (χ4n) is 2.69. The first-order valence-corrected chi connectivity index (χ1v) is 11.3. The van der Waals surface area contributed by atoms with Gasteiger partial charge in [-0.15, -0.1) is 0 Å². The van der Waals surface area contributed by atoms with Crippen LogP contribution in [-0.4, -0.2) is 25.6 Å². The Morgan fingerprint density at radius 3 is 2.38 bits per heavy atom. The maximum Gasteiger partial charge on any atom is 0.153 e. The number of pyridine rings is 1. The fraction of sp³-hybridized carbons (Fsp3) is 0.0476. The van der Waals surface area contributed by atoms with Crippen LogP contribution in [0.4, 0.5) is 4.39 Å². The molecule has 4 aromatic rings. The predicted molar refractivity (Wildman–Crippen MR) is 115 cm³/mol. The minimum Gasteiger partial charge on any atom is -0.612 e. The van der Waals surface area contributed by atoms with Gasteiger partial charge < -0.3 is 4.55 Å². The summed E-state index contributed by atoms with van der Waals surface area (Å²) in [5.74, 6) is 0.113. The molecule has 4 nitrogen and oxygen atoms in total. The highest BCUT2D eigenvalue weighted by Gasteiger charge is 2.15. The number of benzene rings is 2. The van der Waals surface area contributed by atoms with E-state index in [0.717, 1.165) is 32.1 Å². The molecule has 2 heterocycles. The highest BCUT2D eigenvalue weighted by molar-refractivity contribution is 7.99. The first-order chi connectivity index (χ1) is 14.0. The van der Waals surface area contributed by atoms with E-state index < -0.39 is 17.0 Å². The third-order valence-electron chi connectivity index (χ3n) is 4.13. The van der Waals surface area contributed by atoms with Crippen LogP contribution in [0.1, 0.15) is 0 Å². The van der Waals surface area contributed by atoms with Gasteiger partial charge in [0.05, 0.1) is 11.1 Å². The third kappa shape index (κ3) is 4.64. The van der Waals surface area contributed by atoms with Crippen molar-refractivity contribution in [3.63, 3.8) is 0 Å². The fourth-order valence-corrected chi connectivity index (χ4v) is 4.27. The number of aromatic nitrogens is 3. The zero-order chi connectivity index (χ0) is 20.4. The molecule has 0 amide bonds. The van der Waals surface area contributed by atoms with Crippen molar-refractivity contribution >= 4 is 34.5 Å². The lowest BCUT2D eigenvalue weighted by Crippen LogP contribution is -1.98. The van der Waals surface area contributed by atoms with Gasteiger partial charge in [-0.3, -0.25) is 0 Å². The van der Waals surface area contributed by atoms with Gasteiger partial charge in [0.2, 0.25) is 0 Å². The number of rotatable bonds is 5. The van der Waals surface area contributed by atoms with Crippen LogP contribution in [0.3, 0.4) is 0 Å². The van der Waals surface area contributed by atoms with Crippen molar-refractivity contribution in [3.8, 4) is 17.1 Å². The quantitative estimate of drug-likeness (QED) is 0.376. The van der Waals surface area contributed by atoms with Gasteiger partial charge in [0.1, 0.15) is 17.8 Å². The SMILES string of the molecule is C[S+]([O-])c1ccc(-c2nn(-c3ccc(F)cn3)cc2Sc2ccc(Cl)cc2)cc1. The lowest BCUT2D eigenvalue weighted by Gasteiger charge is -2.06. The Balaban J connectivity index is 1.76. The summed E-state index contributed by atoms with van der Waals surface area (Å²) >= 11 is 6.48. The van der Waals surface area contributed by atoms with E-state index in [2.05, 4.69) is 10.1 Å². The van der Waals surface area contributed by atoms with Gasteiger partial charge in [0.15, 0.2) is 10.7 Å². The molecule has 8 heteroatoms. The van der Waals surface area contributed by atoms with Crippen LogP contribution in [0.5, 0.6) is 0 Å². The van der Waals surface area contributed by atoms with Crippen LogP contribution in [0, 0.1) is 5.82 Å². The molecule has 0 radical (unpaired) electrons. The molecule has 1 atom stereocenters. The molecule has 1 unspecified atom stereocenters. The van der Waals surface area contributed by atoms with Gasteiger partial charge in [-0.1, -0.05) is 23.4 Å². The highest BCUT2D eigenvalue weighted by atomic mass is 35.5. The van der Waals surface area contributed by atoms with E-state index in [1.165, 1.54) is 6.07 Å². The molecule has 0 saturated carbocycles. The van der Waals surface area contributed by atoms with Gasteiger partial charge in [0.25, 0.3) is 0 Å². The highest BCUT2D eigenvalue weighted by Crippen LogP contribution is 2.36. The molecule has 0 spiro atoms. The van der Waals surface area contributed by atoms with Crippen molar-refractivity contribution in [3.05, 3.63) is 83.9 Å². The van der Waals surface area contributed by atoms with E-state index in [1.807, 2.05) is 54.7 Å². The zero-order valence-electron chi connectivity index (χ0n) is 15.3. The van der Waals surface area contributed by atoms with E-state index in [0.29, 0.717) is 10.8 Å². The van der Waals surface area contributed by atoms with E-state index >= 15 is 0 Å². The van der Waals surface area contributed by atoms with E-state index in [4.69, 9.17) is 11.6 Å². The van der Waals surface area contributed by atoms with Crippen LogP contribution in [0.2, 0.25) is 5.02 Å². The Hall–Kier alpha value is -2.32. The Morgan fingerprint density at radius 2 is 1.76 bits per heavy atom. The van der Waals surface area contributed by atoms with Gasteiger partial charge in [0, 0.05) is 21.7 Å². The first-order valence-electron chi connectivity index (χ1n) is 8.58. The smallest absolute Gasteiger partial charge is 0.153 e. The molecule has 0 aliphatic heterocycles. The standard InChI is InChI=1S/C21H15ClFN3OS2/c1-29(27)18-9-2-14(3-10-18)21-19(28-17-7-4-15(22)5-8-17)13-26(25-21)20-11-6-16(23)12-24-20/h2-13H,1H3. The molecular formula is C21H15ClFN3OS2. The number of hydrogen-bond donors (Lipinski definition) is 0. The molecule has 0 saturated heterocycles. The average molecular weight is 444 g/mol. The maximum absolute atomic E-state index is 13.2. The summed E-state index contributed by atoms with van der Waals surface area (Å²) in [4.78, 5) is 6.78. The Kier molecular flexibility index (Phi) is 5.91. The molecule has 4 rings (SSSR count). The van der Waals surface area contributed by atoms with Crippen LogP contribution in [-0.2, 0) is 11.2 Å². The number of hydrogen-bond acceptors (Lipinski definition) is 4. The molecular weight excluding hydrogens is 429 g/mol. The van der Waals surface area contributed by atoms with Crippen LogP contribution < -0.4 is 0 Å². The lowest BCUT2D eigenvalue weighted by molar-refractivity contribution is 0.601. The third-order valence-corrected chi connectivity index (χ3v) is 6.34. The predicted octanol–water partition coefficient (Wildman–Crippen LogP) is 5.62. The summed E-state index contributed by atoms with van der Waals surface area (Å²) in [7, 11) is 0. The monoisotopic (exact) mass is 443 g/mol. The lowest BCUT2D eigenvalue weighted by atomic mass is 10.2. The Labute approximate surface area is 179 Å². The maximum atomic E-state index is 13.2. The summed E-state index contributed by atoms with van der Waals surface area (Å²) in [5, 5.41) is 5.35. The normalized spacial score (nSPS) is 12.1. The summed E-state index contributed by atoms with van der Waals surface area (Å²) in [6.07, 6.45) is 4.67. The first kappa shape index (κ1) is 20.0. The second-order valence-electron chi connectivity index (χ2n) is 6.16. The Bertz CT molecular complexity index is 1110. The van der Waals surface area contributed by atoms with E-state index in [9.17, 15) is 8.94 Å². The topological polar surface area (TPSA) is 53.8 Å². The largest absolute Gasteiger partial charge is 0.612 e. The van der Waals surface area contributed by atoms with E-state index in [-0.39, 0.29) is 0 Å².